The summed E-state index contributed by atoms with van der Waals surface area (Å²) in [5.74, 6) is 0.683. The summed E-state index contributed by atoms with van der Waals surface area (Å²) in [7, 11) is 0. The molecule has 1 heterocycles. The summed E-state index contributed by atoms with van der Waals surface area (Å²) in [5.41, 5.74) is 1.92. The maximum atomic E-state index is 12.8. The van der Waals surface area contributed by atoms with Crippen LogP contribution in [-0.2, 0) is 0 Å². The number of carbonyl (C=O) groups is 1. The quantitative estimate of drug-likeness (QED) is 0.598. The van der Waals surface area contributed by atoms with Crippen molar-refractivity contribution in [3.63, 3.8) is 0 Å². The van der Waals surface area contributed by atoms with Gasteiger partial charge in [-0.1, -0.05) is 55.8 Å². The Morgan fingerprint density at radius 2 is 1.82 bits per heavy atom. The Hall–Kier alpha value is -3.72. The molecule has 0 saturated heterocycles. The maximum Gasteiger partial charge on any atom is 0.274 e. The van der Waals surface area contributed by atoms with Crippen LogP contribution in [0.1, 0.15) is 35.8 Å². The van der Waals surface area contributed by atoms with Crippen LogP contribution < -0.4 is 10.6 Å². The summed E-state index contributed by atoms with van der Waals surface area (Å²) in [6.07, 6.45) is 2.06. The third-order valence-corrected chi connectivity index (χ3v) is 4.12. The lowest BCUT2D eigenvalue weighted by molar-refractivity contribution is 0.102. The first kappa shape index (κ1) is 19.1. The van der Waals surface area contributed by atoms with Crippen molar-refractivity contribution in [1.82, 2.24) is 9.97 Å². The van der Waals surface area contributed by atoms with Crippen LogP contribution in [0.4, 0.5) is 11.5 Å². The molecule has 1 aromatic heterocycles. The normalized spacial score (nSPS) is 10.1. The van der Waals surface area contributed by atoms with E-state index in [4.69, 9.17) is 0 Å². The minimum atomic E-state index is -0.388. The average Bonchev–Trinajstić information content (AvgIpc) is 2.74. The number of para-hydroxylation sites is 1. The van der Waals surface area contributed by atoms with Gasteiger partial charge in [0.15, 0.2) is 5.82 Å². The SMILES string of the molecule is CCCCNc1cc(C(=O)Nc2ccccc2C#N)nc(-c2ccccc2)n1. The van der Waals surface area contributed by atoms with E-state index in [1.54, 1.807) is 30.3 Å². The molecule has 0 fully saturated rings. The molecule has 0 aliphatic rings. The molecule has 28 heavy (non-hydrogen) atoms. The van der Waals surface area contributed by atoms with Gasteiger partial charge in [-0.2, -0.15) is 5.26 Å². The first-order chi connectivity index (χ1) is 13.7. The van der Waals surface area contributed by atoms with Crippen LogP contribution in [0.3, 0.4) is 0 Å². The lowest BCUT2D eigenvalue weighted by Gasteiger charge is -2.11. The summed E-state index contributed by atoms with van der Waals surface area (Å²) in [4.78, 5) is 21.8. The Kier molecular flexibility index (Phi) is 6.32. The summed E-state index contributed by atoms with van der Waals surface area (Å²) >= 11 is 0. The molecule has 0 aliphatic heterocycles. The van der Waals surface area contributed by atoms with E-state index in [-0.39, 0.29) is 11.6 Å². The van der Waals surface area contributed by atoms with Crippen molar-refractivity contribution >= 4 is 17.4 Å². The van der Waals surface area contributed by atoms with Crippen molar-refractivity contribution in [3.05, 3.63) is 71.9 Å². The fraction of sp³-hybridized carbons (Fsp3) is 0.182. The third kappa shape index (κ3) is 4.71. The number of benzene rings is 2. The predicted octanol–water partition coefficient (Wildman–Crippen LogP) is 4.48. The van der Waals surface area contributed by atoms with E-state index in [9.17, 15) is 10.1 Å². The van der Waals surface area contributed by atoms with E-state index in [0.717, 1.165) is 24.9 Å². The van der Waals surface area contributed by atoms with Gasteiger partial charge in [-0.3, -0.25) is 4.79 Å². The van der Waals surface area contributed by atoms with Crippen molar-refractivity contribution < 1.29 is 4.79 Å². The number of nitrogens with zero attached hydrogens (tertiary/aromatic N) is 3. The minimum Gasteiger partial charge on any atom is -0.370 e. The second kappa shape index (κ2) is 9.28. The van der Waals surface area contributed by atoms with E-state index in [2.05, 4.69) is 33.6 Å². The third-order valence-electron chi connectivity index (χ3n) is 4.12. The number of hydrogen-bond donors (Lipinski definition) is 2. The van der Waals surface area contributed by atoms with E-state index in [1.807, 2.05) is 30.3 Å². The number of carbonyl (C=O) groups excluding carboxylic acids is 1. The number of aromatic nitrogens is 2. The van der Waals surface area contributed by atoms with Gasteiger partial charge in [0.1, 0.15) is 17.6 Å². The molecule has 1 amide bonds. The van der Waals surface area contributed by atoms with Gasteiger partial charge in [0.25, 0.3) is 5.91 Å². The van der Waals surface area contributed by atoms with Gasteiger partial charge in [0.05, 0.1) is 11.3 Å². The highest BCUT2D eigenvalue weighted by atomic mass is 16.1. The van der Waals surface area contributed by atoms with Gasteiger partial charge in [-0.15, -0.1) is 0 Å². The molecule has 0 bridgehead atoms. The fourth-order valence-electron chi connectivity index (χ4n) is 2.64. The highest BCUT2D eigenvalue weighted by Gasteiger charge is 2.14. The fourth-order valence-corrected chi connectivity index (χ4v) is 2.64. The molecule has 2 N–H and O–H groups in total. The monoisotopic (exact) mass is 371 g/mol. The van der Waals surface area contributed by atoms with Gasteiger partial charge in [-0.25, -0.2) is 9.97 Å². The van der Waals surface area contributed by atoms with E-state index in [0.29, 0.717) is 22.9 Å². The second-order valence-corrected chi connectivity index (χ2v) is 6.22. The minimum absolute atomic E-state index is 0.237. The summed E-state index contributed by atoms with van der Waals surface area (Å²) in [6, 6.07) is 20.1. The van der Waals surface area contributed by atoms with Gasteiger partial charge >= 0.3 is 0 Å². The second-order valence-electron chi connectivity index (χ2n) is 6.22. The summed E-state index contributed by atoms with van der Waals surface area (Å²) in [6.45, 7) is 2.88. The van der Waals surface area contributed by atoms with Crippen LogP contribution in [0.5, 0.6) is 0 Å². The molecule has 0 unspecified atom stereocenters. The first-order valence-electron chi connectivity index (χ1n) is 9.20. The van der Waals surface area contributed by atoms with Crippen molar-refractivity contribution in [2.45, 2.75) is 19.8 Å². The van der Waals surface area contributed by atoms with Crippen LogP contribution in [0, 0.1) is 11.3 Å². The van der Waals surface area contributed by atoms with E-state index in [1.165, 1.54) is 0 Å². The number of hydrogen-bond acceptors (Lipinski definition) is 5. The van der Waals surface area contributed by atoms with Crippen LogP contribution in [0.15, 0.2) is 60.7 Å². The molecule has 6 nitrogen and oxygen atoms in total. The lowest BCUT2D eigenvalue weighted by Crippen LogP contribution is -2.16. The predicted molar refractivity (Wildman–Crippen MR) is 110 cm³/mol. The molecule has 2 aromatic carbocycles. The molecule has 0 atom stereocenters. The number of rotatable bonds is 7. The van der Waals surface area contributed by atoms with Gasteiger partial charge in [-0.05, 0) is 18.6 Å². The van der Waals surface area contributed by atoms with Crippen molar-refractivity contribution in [2.75, 3.05) is 17.2 Å². The lowest BCUT2D eigenvalue weighted by atomic mass is 10.2. The molecule has 6 heteroatoms. The van der Waals surface area contributed by atoms with Crippen LogP contribution in [-0.4, -0.2) is 22.4 Å². The molecule has 3 aromatic rings. The number of nitriles is 1. The van der Waals surface area contributed by atoms with E-state index < -0.39 is 0 Å². The average molecular weight is 371 g/mol. The zero-order valence-corrected chi connectivity index (χ0v) is 15.6. The molecule has 0 aliphatic carbocycles. The molecule has 140 valence electrons. The number of unbranched alkanes of at least 4 members (excludes halogenated alkanes) is 1. The summed E-state index contributed by atoms with van der Waals surface area (Å²) < 4.78 is 0. The standard InChI is InChI=1S/C22H21N5O/c1-2-3-13-24-20-14-19(25-21(27-20)16-9-5-4-6-10-16)22(28)26-18-12-8-7-11-17(18)15-23/h4-12,14H,2-3,13H2,1H3,(H,26,28)(H,24,25,27). The Morgan fingerprint density at radius 3 is 2.57 bits per heavy atom. The highest BCUT2D eigenvalue weighted by Crippen LogP contribution is 2.20. The first-order valence-corrected chi connectivity index (χ1v) is 9.20. The Balaban J connectivity index is 1.93. The van der Waals surface area contributed by atoms with Crippen molar-refractivity contribution in [2.24, 2.45) is 0 Å². The van der Waals surface area contributed by atoms with Crippen molar-refractivity contribution in [1.29, 1.82) is 5.26 Å². The van der Waals surface area contributed by atoms with E-state index >= 15 is 0 Å². The highest BCUT2D eigenvalue weighted by molar-refractivity contribution is 6.04. The smallest absolute Gasteiger partial charge is 0.274 e. The Morgan fingerprint density at radius 1 is 1.07 bits per heavy atom. The molecule has 0 spiro atoms. The van der Waals surface area contributed by atoms with Crippen molar-refractivity contribution in [3.8, 4) is 17.5 Å². The largest absolute Gasteiger partial charge is 0.370 e. The molecule has 0 radical (unpaired) electrons. The van der Waals surface area contributed by atoms with Crippen LogP contribution in [0.25, 0.3) is 11.4 Å². The topological polar surface area (TPSA) is 90.7 Å². The van der Waals surface area contributed by atoms with Crippen LogP contribution in [0.2, 0.25) is 0 Å². The van der Waals surface area contributed by atoms with Gasteiger partial charge in [0, 0.05) is 18.2 Å². The Labute approximate surface area is 164 Å². The summed E-state index contributed by atoms with van der Waals surface area (Å²) in [5, 5.41) is 15.2. The number of nitrogens with one attached hydrogen (secondary N) is 2. The zero-order chi connectivity index (χ0) is 19.8. The molecule has 3 rings (SSSR count). The molecular formula is C22H21N5O. The molecule has 0 saturated carbocycles. The van der Waals surface area contributed by atoms with Gasteiger partial charge in [0.2, 0.25) is 0 Å². The van der Waals surface area contributed by atoms with Gasteiger partial charge < -0.3 is 10.6 Å². The number of anilines is 2. The Bertz CT molecular complexity index is 995. The number of amides is 1. The molecular weight excluding hydrogens is 350 g/mol. The zero-order valence-electron chi connectivity index (χ0n) is 15.6. The maximum absolute atomic E-state index is 12.8. The van der Waals surface area contributed by atoms with Crippen LogP contribution >= 0.6 is 0 Å².